The van der Waals surface area contributed by atoms with Gasteiger partial charge in [-0.05, 0) is 40.2 Å². The summed E-state index contributed by atoms with van der Waals surface area (Å²) in [6.07, 6.45) is 0. The van der Waals surface area contributed by atoms with E-state index in [1.807, 2.05) is 0 Å². The van der Waals surface area contributed by atoms with Crippen LogP contribution in [-0.2, 0) is 0 Å². The van der Waals surface area contributed by atoms with Gasteiger partial charge in [0.15, 0.2) is 0 Å². The topological polar surface area (TPSA) is 86.5 Å². The van der Waals surface area contributed by atoms with Crippen molar-refractivity contribution in [2.75, 3.05) is 19.5 Å². The van der Waals surface area contributed by atoms with Crippen LogP contribution in [0.25, 0.3) is 11.5 Å². The third kappa shape index (κ3) is 3.41. The molecule has 0 aliphatic heterocycles. The molecule has 9 heteroatoms. The summed E-state index contributed by atoms with van der Waals surface area (Å²) in [5.41, 5.74) is 0.602. The second kappa shape index (κ2) is 7.02. The number of aromatic nitrogens is 2. The van der Waals surface area contributed by atoms with Crippen LogP contribution in [0, 0.1) is 0 Å². The van der Waals surface area contributed by atoms with Crippen LogP contribution in [0.1, 0.15) is 9.67 Å². The SMILES string of the molecule is COc1ccc(-c2nnc(NC(=O)c3ccc(Br)s3)o2)c(OC)c1. The first-order chi connectivity index (χ1) is 11.6. The normalized spacial score (nSPS) is 10.5. The number of hydrogen-bond acceptors (Lipinski definition) is 7. The van der Waals surface area contributed by atoms with Crippen molar-refractivity contribution >= 4 is 39.2 Å². The van der Waals surface area contributed by atoms with E-state index in [4.69, 9.17) is 13.9 Å². The van der Waals surface area contributed by atoms with Gasteiger partial charge in [0, 0.05) is 6.07 Å². The minimum Gasteiger partial charge on any atom is -0.497 e. The summed E-state index contributed by atoms with van der Waals surface area (Å²) < 4.78 is 16.8. The average Bonchev–Trinajstić information content (AvgIpc) is 3.23. The van der Waals surface area contributed by atoms with E-state index in [0.29, 0.717) is 21.9 Å². The number of ether oxygens (including phenoxy) is 2. The van der Waals surface area contributed by atoms with Gasteiger partial charge in [-0.15, -0.1) is 16.4 Å². The van der Waals surface area contributed by atoms with Gasteiger partial charge in [0.25, 0.3) is 11.8 Å². The molecule has 2 heterocycles. The number of carbonyl (C=O) groups is 1. The third-order valence-corrected chi connectivity index (χ3v) is 4.70. The molecule has 0 aliphatic rings. The molecular formula is C15H12BrN3O4S. The van der Waals surface area contributed by atoms with Crippen LogP contribution in [0.5, 0.6) is 11.5 Å². The van der Waals surface area contributed by atoms with Gasteiger partial charge < -0.3 is 13.9 Å². The van der Waals surface area contributed by atoms with E-state index in [1.54, 1.807) is 37.4 Å². The van der Waals surface area contributed by atoms with Crippen LogP contribution in [0.3, 0.4) is 0 Å². The molecule has 0 atom stereocenters. The van der Waals surface area contributed by atoms with Crippen molar-refractivity contribution in [2.45, 2.75) is 0 Å². The molecule has 0 saturated carbocycles. The molecule has 3 aromatic rings. The zero-order valence-corrected chi connectivity index (χ0v) is 15.1. The summed E-state index contributed by atoms with van der Waals surface area (Å²) in [7, 11) is 3.10. The number of nitrogens with zero attached hydrogens (tertiary/aromatic N) is 2. The Morgan fingerprint density at radius 2 is 2.04 bits per heavy atom. The number of nitrogens with one attached hydrogen (secondary N) is 1. The predicted octanol–water partition coefficient (Wildman–Crippen LogP) is 3.83. The number of methoxy groups -OCH3 is 2. The van der Waals surface area contributed by atoms with E-state index >= 15 is 0 Å². The quantitative estimate of drug-likeness (QED) is 0.688. The summed E-state index contributed by atoms with van der Waals surface area (Å²) >= 11 is 4.62. The number of halogens is 1. The maximum atomic E-state index is 12.1. The molecule has 2 aromatic heterocycles. The van der Waals surface area contributed by atoms with Crippen LogP contribution in [0.4, 0.5) is 6.01 Å². The van der Waals surface area contributed by atoms with Crippen molar-refractivity contribution in [3.8, 4) is 23.0 Å². The highest BCUT2D eigenvalue weighted by Gasteiger charge is 2.17. The highest BCUT2D eigenvalue weighted by molar-refractivity contribution is 9.11. The molecular weight excluding hydrogens is 398 g/mol. The van der Waals surface area contributed by atoms with E-state index in [9.17, 15) is 4.79 Å². The molecule has 1 amide bonds. The lowest BCUT2D eigenvalue weighted by Crippen LogP contribution is -2.10. The Labute approximate surface area is 149 Å². The van der Waals surface area contributed by atoms with Crippen molar-refractivity contribution in [2.24, 2.45) is 0 Å². The molecule has 0 aliphatic carbocycles. The van der Waals surface area contributed by atoms with Gasteiger partial charge >= 0.3 is 6.01 Å². The predicted molar refractivity (Wildman–Crippen MR) is 92.8 cm³/mol. The van der Waals surface area contributed by atoms with Gasteiger partial charge in [-0.1, -0.05) is 5.10 Å². The number of carbonyl (C=O) groups excluding carboxylic acids is 1. The second-order valence-corrected chi connectivity index (χ2v) is 7.00. The number of hydrogen-bond donors (Lipinski definition) is 1. The molecule has 1 aromatic carbocycles. The lowest BCUT2D eigenvalue weighted by molar-refractivity contribution is 0.102. The maximum Gasteiger partial charge on any atom is 0.322 e. The largest absolute Gasteiger partial charge is 0.497 e. The van der Waals surface area contributed by atoms with Crippen LogP contribution in [-0.4, -0.2) is 30.3 Å². The van der Waals surface area contributed by atoms with Crippen molar-refractivity contribution in [1.29, 1.82) is 0 Å². The van der Waals surface area contributed by atoms with Gasteiger partial charge in [-0.2, -0.15) is 0 Å². The van der Waals surface area contributed by atoms with Gasteiger partial charge in [0.2, 0.25) is 0 Å². The van der Waals surface area contributed by atoms with E-state index in [-0.39, 0.29) is 17.8 Å². The van der Waals surface area contributed by atoms with Gasteiger partial charge in [-0.25, -0.2) is 0 Å². The molecule has 7 nitrogen and oxygen atoms in total. The fourth-order valence-corrected chi connectivity index (χ4v) is 3.23. The molecule has 3 rings (SSSR count). The smallest absolute Gasteiger partial charge is 0.322 e. The highest BCUT2D eigenvalue weighted by Crippen LogP contribution is 2.33. The standard InChI is InChI=1S/C15H12BrN3O4S/c1-21-8-3-4-9(10(7-8)22-2)14-18-19-15(23-14)17-13(20)11-5-6-12(16)24-11/h3-7H,1-2H3,(H,17,19,20). The summed E-state index contributed by atoms with van der Waals surface area (Å²) in [6.45, 7) is 0. The molecule has 0 unspecified atom stereocenters. The maximum absolute atomic E-state index is 12.1. The van der Waals surface area contributed by atoms with Gasteiger partial charge in [0.1, 0.15) is 11.5 Å². The molecule has 0 bridgehead atoms. The van der Waals surface area contributed by atoms with Crippen molar-refractivity contribution < 1.29 is 18.7 Å². The van der Waals surface area contributed by atoms with Crippen LogP contribution < -0.4 is 14.8 Å². The number of anilines is 1. The van der Waals surface area contributed by atoms with Crippen molar-refractivity contribution in [3.05, 3.63) is 39.0 Å². The first kappa shape index (κ1) is 16.5. The van der Waals surface area contributed by atoms with E-state index in [2.05, 4.69) is 31.4 Å². The van der Waals surface area contributed by atoms with E-state index in [0.717, 1.165) is 3.79 Å². The first-order valence-corrected chi connectivity index (χ1v) is 8.34. The van der Waals surface area contributed by atoms with Crippen LogP contribution in [0.2, 0.25) is 0 Å². The van der Waals surface area contributed by atoms with Crippen molar-refractivity contribution in [3.63, 3.8) is 0 Å². The Kier molecular flexibility index (Phi) is 4.81. The summed E-state index contributed by atoms with van der Waals surface area (Å²) in [5.74, 6) is 1.09. The first-order valence-electron chi connectivity index (χ1n) is 6.73. The summed E-state index contributed by atoms with van der Waals surface area (Å²) in [4.78, 5) is 12.6. The minimum atomic E-state index is -0.317. The molecule has 0 spiro atoms. The summed E-state index contributed by atoms with van der Waals surface area (Å²) in [6, 6.07) is 8.71. The van der Waals surface area contributed by atoms with Crippen LogP contribution >= 0.6 is 27.3 Å². The van der Waals surface area contributed by atoms with Gasteiger partial charge in [0.05, 0.1) is 28.4 Å². The minimum absolute atomic E-state index is 0.0115. The van der Waals surface area contributed by atoms with E-state index in [1.165, 1.54) is 18.4 Å². The number of thiophene rings is 1. The van der Waals surface area contributed by atoms with Crippen LogP contribution in [0.15, 0.2) is 38.5 Å². The molecule has 124 valence electrons. The highest BCUT2D eigenvalue weighted by atomic mass is 79.9. The monoisotopic (exact) mass is 409 g/mol. The number of amides is 1. The summed E-state index contributed by atoms with van der Waals surface area (Å²) in [5, 5.41) is 10.4. The molecule has 0 saturated heterocycles. The van der Waals surface area contributed by atoms with Gasteiger partial charge in [-0.3, -0.25) is 10.1 Å². The Bertz CT molecular complexity index is 877. The molecule has 0 fully saturated rings. The fourth-order valence-electron chi connectivity index (χ4n) is 1.95. The van der Waals surface area contributed by atoms with E-state index < -0.39 is 0 Å². The van der Waals surface area contributed by atoms with Crippen molar-refractivity contribution in [1.82, 2.24) is 10.2 Å². The number of benzene rings is 1. The fraction of sp³-hybridized carbons (Fsp3) is 0.133. The zero-order valence-electron chi connectivity index (χ0n) is 12.7. The third-order valence-electron chi connectivity index (χ3n) is 3.08. The Hall–Kier alpha value is -2.39. The lowest BCUT2D eigenvalue weighted by atomic mass is 10.2. The molecule has 1 N–H and O–H groups in total. The molecule has 0 radical (unpaired) electrons. The zero-order chi connectivity index (χ0) is 17.1. The Morgan fingerprint density at radius 1 is 1.21 bits per heavy atom. The average molecular weight is 410 g/mol. The Balaban J connectivity index is 1.82. The molecule has 24 heavy (non-hydrogen) atoms. The Morgan fingerprint density at radius 3 is 2.71 bits per heavy atom. The lowest BCUT2D eigenvalue weighted by Gasteiger charge is -2.07. The second-order valence-electron chi connectivity index (χ2n) is 4.54. The number of rotatable bonds is 5.